The van der Waals surface area contributed by atoms with Gasteiger partial charge in [0.1, 0.15) is 5.69 Å². The number of H-pyrrole nitrogens is 1. The quantitative estimate of drug-likeness (QED) is 0.739. The van der Waals surface area contributed by atoms with Crippen LogP contribution in [0, 0.1) is 0 Å². The summed E-state index contributed by atoms with van der Waals surface area (Å²) in [4.78, 5) is 30.9. The van der Waals surface area contributed by atoms with Crippen LogP contribution in [0.4, 0.5) is 0 Å². The van der Waals surface area contributed by atoms with Crippen molar-refractivity contribution in [3.05, 3.63) is 40.6 Å². The van der Waals surface area contributed by atoms with E-state index in [1.807, 2.05) is 19.1 Å². The number of amides is 1. The number of aromatic amines is 1. The van der Waals surface area contributed by atoms with E-state index in [9.17, 15) is 9.59 Å². The first-order valence-corrected chi connectivity index (χ1v) is 5.24. The Hall–Kier alpha value is -1.91. The Labute approximate surface area is 92.8 Å². The van der Waals surface area contributed by atoms with Crippen molar-refractivity contribution in [3.8, 4) is 0 Å². The van der Waals surface area contributed by atoms with E-state index in [2.05, 4.69) is 9.97 Å². The van der Waals surface area contributed by atoms with E-state index in [4.69, 9.17) is 0 Å². The molecule has 0 aliphatic carbocycles. The van der Waals surface area contributed by atoms with Crippen LogP contribution in [-0.4, -0.2) is 33.4 Å². The second kappa shape index (κ2) is 4.30. The number of aromatic nitrogens is 2. The molecule has 2 heterocycles. The van der Waals surface area contributed by atoms with Gasteiger partial charge in [0, 0.05) is 12.7 Å². The molecule has 1 N–H and O–H groups in total. The molecule has 0 saturated carbocycles. The van der Waals surface area contributed by atoms with Crippen molar-refractivity contribution in [1.82, 2.24) is 14.9 Å². The minimum atomic E-state index is -0.303. The first-order valence-electron chi connectivity index (χ1n) is 5.24. The summed E-state index contributed by atoms with van der Waals surface area (Å²) in [5.41, 5.74) is -0.0233. The van der Waals surface area contributed by atoms with Crippen molar-refractivity contribution in [3.63, 3.8) is 0 Å². The molecule has 2 rings (SSSR count). The molecular formula is C11H13N3O2. The molecule has 1 amide bonds. The Bertz CT molecular complexity index is 458. The second-order valence-corrected chi connectivity index (χ2v) is 3.66. The molecule has 0 radical (unpaired) electrons. The molecule has 1 aromatic heterocycles. The predicted octanol–water partition coefficient (Wildman–Crippen LogP) is 0.560. The zero-order chi connectivity index (χ0) is 11.5. The van der Waals surface area contributed by atoms with Crippen LogP contribution in [0.3, 0.4) is 0 Å². The van der Waals surface area contributed by atoms with Gasteiger partial charge in [0.15, 0.2) is 0 Å². The molecule has 5 heteroatoms. The molecule has 1 unspecified atom stereocenters. The molecule has 1 aliphatic rings. The standard InChI is InChI=1S/C11H13N3O2/c1-2-8-4-3-5-14(8)11(16)9-6-13-10(15)7-12-9/h3-4,6-8H,2,5H2,1H3,(H,13,15). The smallest absolute Gasteiger partial charge is 0.274 e. The van der Waals surface area contributed by atoms with Crippen molar-refractivity contribution in [1.29, 1.82) is 0 Å². The van der Waals surface area contributed by atoms with Crippen molar-refractivity contribution in [2.24, 2.45) is 0 Å². The van der Waals surface area contributed by atoms with Crippen molar-refractivity contribution in [2.45, 2.75) is 19.4 Å². The number of hydrogen-bond acceptors (Lipinski definition) is 3. The molecule has 5 nitrogen and oxygen atoms in total. The highest BCUT2D eigenvalue weighted by Gasteiger charge is 2.24. The minimum absolute atomic E-state index is 0.140. The summed E-state index contributed by atoms with van der Waals surface area (Å²) in [6.45, 7) is 2.64. The summed E-state index contributed by atoms with van der Waals surface area (Å²) in [5, 5.41) is 0. The molecule has 0 saturated heterocycles. The lowest BCUT2D eigenvalue weighted by Crippen LogP contribution is -2.36. The Morgan fingerprint density at radius 1 is 1.69 bits per heavy atom. The topological polar surface area (TPSA) is 66.1 Å². The summed E-state index contributed by atoms with van der Waals surface area (Å²) in [7, 11) is 0. The molecule has 0 bridgehead atoms. The third-order valence-electron chi connectivity index (χ3n) is 2.63. The Morgan fingerprint density at radius 2 is 2.50 bits per heavy atom. The van der Waals surface area contributed by atoms with Crippen LogP contribution in [0.1, 0.15) is 23.8 Å². The lowest BCUT2D eigenvalue weighted by Gasteiger charge is -2.22. The van der Waals surface area contributed by atoms with Crippen LogP contribution in [-0.2, 0) is 0 Å². The first-order chi connectivity index (χ1) is 7.72. The van der Waals surface area contributed by atoms with Gasteiger partial charge in [-0.25, -0.2) is 4.98 Å². The van der Waals surface area contributed by atoms with Crippen LogP contribution in [0.5, 0.6) is 0 Å². The summed E-state index contributed by atoms with van der Waals surface area (Å²) < 4.78 is 0. The van der Waals surface area contributed by atoms with Crippen LogP contribution in [0.25, 0.3) is 0 Å². The maximum Gasteiger partial charge on any atom is 0.274 e. The van der Waals surface area contributed by atoms with Crippen LogP contribution in [0.2, 0.25) is 0 Å². The molecule has 0 spiro atoms. The van der Waals surface area contributed by atoms with Gasteiger partial charge in [-0.2, -0.15) is 0 Å². The number of carbonyl (C=O) groups excluding carboxylic acids is 1. The largest absolute Gasteiger partial charge is 0.327 e. The Balaban J connectivity index is 2.19. The highest BCUT2D eigenvalue weighted by molar-refractivity contribution is 5.92. The fourth-order valence-electron chi connectivity index (χ4n) is 1.77. The van der Waals surface area contributed by atoms with Crippen molar-refractivity contribution >= 4 is 5.91 Å². The molecular weight excluding hydrogens is 206 g/mol. The highest BCUT2D eigenvalue weighted by Crippen LogP contribution is 2.15. The molecule has 1 atom stereocenters. The number of carbonyl (C=O) groups is 1. The summed E-state index contributed by atoms with van der Waals surface area (Å²) in [6, 6.07) is 0.140. The molecule has 1 aliphatic heterocycles. The normalized spacial score (nSPS) is 19.1. The molecule has 0 fully saturated rings. The molecule has 16 heavy (non-hydrogen) atoms. The van der Waals surface area contributed by atoms with Gasteiger partial charge in [-0.3, -0.25) is 9.59 Å². The first kappa shape index (κ1) is 10.6. The maximum atomic E-state index is 12.0. The monoisotopic (exact) mass is 219 g/mol. The highest BCUT2D eigenvalue weighted by atomic mass is 16.2. The third-order valence-corrected chi connectivity index (χ3v) is 2.63. The van der Waals surface area contributed by atoms with E-state index in [1.165, 1.54) is 6.20 Å². The van der Waals surface area contributed by atoms with Gasteiger partial charge in [0.05, 0.1) is 12.2 Å². The lowest BCUT2D eigenvalue weighted by molar-refractivity contribution is 0.0741. The second-order valence-electron chi connectivity index (χ2n) is 3.66. The maximum absolute atomic E-state index is 12.0. The van der Waals surface area contributed by atoms with Gasteiger partial charge >= 0.3 is 0 Å². The fourth-order valence-corrected chi connectivity index (χ4v) is 1.77. The van der Waals surface area contributed by atoms with Crippen LogP contribution < -0.4 is 5.56 Å². The van der Waals surface area contributed by atoms with Gasteiger partial charge in [0.25, 0.3) is 11.5 Å². The van der Waals surface area contributed by atoms with E-state index in [-0.39, 0.29) is 23.2 Å². The molecule has 84 valence electrons. The number of hydrogen-bond donors (Lipinski definition) is 1. The van der Waals surface area contributed by atoms with E-state index in [1.54, 1.807) is 4.90 Å². The zero-order valence-electron chi connectivity index (χ0n) is 9.01. The average molecular weight is 219 g/mol. The lowest BCUT2D eigenvalue weighted by atomic mass is 10.2. The van der Waals surface area contributed by atoms with Gasteiger partial charge in [-0.05, 0) is 6.42 Å². The summed E-state index contributed by atoms with van der Waals surface area (Å²) >= 11 is 0. The van der Waals surface area contributed by atoms with Gasteiger partial charge in [0.2, 0.25) is 0 Å². The van der Waals surface area contributed by atoms with Gasteiger partial charge in [-0.1, -0.05) is 19.1 Å². The number of nitrogens with zero attached hydrogens (tertiary/aromatic N) is 2. The summed E-state index contributed by atoms with van der Waals surface area (Å²) in [5.74, 6) is -0.145. The van der Waals surface area contributed by atoms with E-state index < -0.39 is 0 Å². The third kappa shape index (κ3) is 1.88. The zero-order valence-corrected chi connectivity index (χ0v) is 9.01. The van der Waals surface area contributed by atoms with Crippen molar-refractivity contribution < 1.29 is 4.79 Å². The van der Waals surface area contributed by atoms with E-state index in [0.29, 0.717) is 6.54 Å². The SMILES string of the molecule is CCC1C=CCN1C(=O)c1c[nH]c(=O)cn1. The number of nitrogens with one attached hydrogen (secondary N) is 1. The summed E-state index contributed by atoms with van der Waals surface area (Å²) in [6.07, 6.45) is 7.35. The minimum Gasteiger partial charge on any atom is -0.327 e. The fraction of sp³-hybridized carbons (Fsp3) is 0.364. The van der Waals surface area contributed by atoms with Gasteiger partial charge in [-0.15, -0.1) is 0 Å². The average Bonchev–Trinajstić information content (AvgIpc) is 2.77. The number of rotatable bonds is 2. The predicted molar refractivity (Wildman–Crippen MR) is 59.1 cm³/mol. The van der Waals surface area contributed by atoms with Crippen molar-refractivity contribution in [2.75, 3.05) is 6.54 Å². The molecule has 0 aromatic carbocycles. The van der Waals surface area contributed by atoms with Crippen LogP contribution >= 0.6 is 0 Å². The van der Waals surface area contributed by atoms with Gasteiger partial charge < -0.3 is 9.88 Å². The Morgan fingerprint density at radius 3 is 3.12 bits per heavy atom. The van der Waals surface area contributed by atoms with E-state index in [0.717, 1.165) is 12.6 Å². The van der Waals surface area contributed by atoms with E-state index >= 15 is 0 Å². The Kier molecular flexibility index (Phi) is 2.85. The van der Waals surface area contributed by atoms with Crippen LogP contribution in [0.15, 0.2) is 29.3 Å². The molecule has 1 aromatic rings.